The van der Waals surface area contributed by atoms with Gasteiger partial charge in [0, 0.05) is 17.6 Å². The van der Waals surface area contributed by atoms with Crippen LogP contribution < -0.4 is 5.32 Å². The molecule has 0 aliphatic heterocycles. The molecule has 0 heterocycles. The Bertz CT molecular complexity index is 401. The fourth-order valence-electron chi connectivity index (χ4n) is 1.21. The zero-order valence-corrected chi connectivity index (χ0v) is 12.3. The summed E-state index contributed by atoms with van der Waals surface area (Å²) >= 11 is 6.47. The molecule has 1 atom stereocenters. The summed E-state index contributed by atoms with van der Waals surface area (Å²) in [6.45, 7) is 0.983. The lowest BCUT2D eigenvalue weighted by atomic mass is 10.2. The first kappa shape index (κ1) is 14.6. The summed E-state index contributed by atoms with van der Waals surface area (Å²) in [6, 6.07) is 4.49. The summed E-state index contributed by atoms with van der Waals surface area (Å²) in [4.78, 5) is 10.7. The van der Waals surface area contributed by atoms with Gasteiger partial charge in [-0.2, -0.15) is 0 Å². The molecule has 0 saturated heterocycles. The van der Waals surface area contributed by atoms with E-state index < -0.39 is 0 Å². The van der Waals surface area contributed by atoms with Crippen LogP contribution in [0.15, 0.2) is 22.7 Å². The Morgan fingerprint density at radius 2 is 2.29 bits per heavy atom. The van der Waals surface area contributed by atoms with Crippen molar-refractivity contribution in [2.24, 2.45) is 0 Å². The van der Waals surface area contributed by atoms with E-state index in [0.717, 1.165) is 5.56 Å². The number of carbonyl (C=O) groups is 1. The predicted octanol–water partition coefficient (Wildman–Crippen LogP) is 2.61. The van der Waals surface area contributed by atoms with E-state index in [4.69, 9.17) is 0 Å². The van der Waals surface area contributed by atoms with Crippen LogP contribution in [0, 0.1) is 5.82 Å². The minimum absolute atomic E-state index is 0.284. The Labute approximate surface area is 116 Å². The average molecular weight is 369 g/mol. The summed E-state index contributed by atoms with van der Waals surface area (Å²) in [5.41, 5.74) is 0.927. The highest BCUT2D eigenvalue weighted by Gasteiger charge is 2.14. The van der Waals surface area contributed by atoms with Crippen LogP contribution in [0.25, 0.3) is 0 Å². The van der Waals surface area contributed by atoms with Crippen LogP contribution in [0.5, 0.6) is 0 Å². The van der Waals surface area contributed by atoms with Crippen LogP contribution in [-0.4, -0.2) is 24.5 Å². The number of halogens is 3. The molecule has 0 bridgehead atoms. The van der Waals surface area contributed by atoms with Gasteiger partial charge in [0.05, 0.1) is 7.11 Å². The van der Waals surface area contributed by atoms with Crippen LogP contribution in [0.2, 0.25) is 0 Å². The van der Waals surface area contributed by atoms with Crippen LogP contribution in [0.3, 0.4) is 0 Å². The number of hydrogen-bond acceptors (Lipinski definition) is 3. The largest absolute Gasteiger partial charge is 0.468 e. The molecule has 1 aromatic carbocycles. The lowest BCUT2D eigenvalue weighted by Crippen LogP contribution is -2.29. The summed E-state index contributed by atoms with van der Waals surface area (Å²) in [6.07, 6.45) is 0. The van der Waals surface area contributed by atoms with Crippen molar-refractivity contribution in [3.05, 3.63) is 34.1 Å². The van der Waals surface area contributed by atoms with Crippen molar-refractivity contribution >= 4 is 37.8 Å². The lowest BCUT2D eigenvalue weighted by Gasteiger charge is -2.10. The number of methoxy groups -OCH3 is 1. The number of alkyl halides is 1. The summed E-state index contributed by atoms with van der Waals surface area (Å²) in [5.74, 6) is -0.607. The zero-order valence-electron chi connectivity index (χ0n) is 9.17. The van der Waals surface area contributed by atoms with E-state index in [9.17, 15) is 9.18 Å². The first-order chi connectivity index (χ1) is 8.04. The molecule has 0 spiro atoms. The van der Waals surface area contributed by atoms with Gasteiger partial charge in [-0.3, -0.25) is 4.79 Å². The zero-order chi connectivity index (χ0) is 12.8. The van der Waals surface area contributed by atoms with E-state index in [0.29, 0.717) is 17.6 Å². The van der Waals surface area contributed by atoms with Crippen molar-refractivity contribution in [3.63, 3.8) is 0 Å². The van der Waals surface area contributed by atoms with Crippen molar-refractivity contribution in [2.45, 2.75) is 11.4 Å². The third-order valence-electron chi connectivity index (χ3n) is 2.11. The van der Waals surface area contributed by atoms with Crippen LogP contribution in [-0.2, 0) is 16.1 Å². The molecule has 0 saturated carbocycles. The minimum Gasteiger partial charge on any atom is -0.468 e. The Morgan fingerprint density at radius 1 is 1.59 bits per heavy atom. The minimum atomic E-state index is -0.383. The van der Waals surface area contributed by atoms with Crippen LogP contribution in [0.1, 0.15) is 5.56 Å². The van der Waals surface area contributed by atoms with Crippen LogP contribution in [0.4, 0.5) is 4.39 Å². The number of ether oxygens (including phenoxy) is 1. The number of hydrogen-bond donors (Lipinski definition) is 1. The summed E-state index contributed by atoms with van der Waals surface area (Å²) < 4.78 is 18.1. The molecule has 0 aromatic heterocycles. The molecule has 94 valence electrons. The van der Waals surface area contributed by atoms with Gasteiger partial charge < -0.3 is 10.1 Å². The Balaban J connectivity index is 2.43. The Morgan fingerprint density at radius 3 is 2.88 bits per heavy atom. The topological polar surface area (TPSA) is 38.3 Å². The SMILES string of the molecule is COC(=O)C(Br)CNCc1ccc(F)cc1Br. The first-order valence-electron chi connectivity index (χ1n) is 4.91. The third kappa shape index (κ3) is 4.73. The van der Waals surface area contributed by atoms with E-state index in [2.05, 4.69) is 41.9 Å². The fourth-order valence-corrected chi connectivity index (χ4v) is 2.12. The molecule has 1 unspecified atom stereocenters. The van der Waals surface area contributed by atoms with Gasteiger partial charge in [0.1, 0.15) is 10.6 Å². The summed E-state index contributed by atoms with van der Waals surface area (Å²) in [5, 5.41) is 3.08. The highest BCUT2D eigenvalue weighted by molar-refractivity contribution is 9.10. The first-order valence-corrected chi connectivity index (χ1v) is 6.62. The third-order valence-corrected chi connectivity index (χ3v) is 3.55. The van der Waals surface area contributed by atoms with Crippen molar-refractivity contribution < 1.29 is 13.9 Å². The number of benzene rings is 1. The molecule has 17 heavy (non-hydrogen) atoms. The molecule has 1 aromatic rings. The molecule has 0 aliphatic rings. The van der Waals surface area contributed by atoms with Gasteiger partial charge in [0.25, 0.3) is 0 Å². The molecule has 1 rings (SSSR count). The van der Waals surface area contributed by atoms with Gasteiger partial charge in [0.15, 0.2) is 0 Å². The second-order valence-corrected chi connectivity index (χ2v) is 5.32. The number of esters is 1. The van der Waals surface area contributed by atoms with Gasteiger partial charge in [-0.05, 0) is 17.7 Å². The monoisotopic (exact) mass is 367 g/mol. The molecular formula is C11H12Br2FNO2. The van der Waals surface area contributed by atoms with E-state index in [-0.39, 0.29) is 16.6 Å². The van der Waals surface area contributed by atoms with Gasteiger partial charge in [0.2, 0.25) is 0 Å². The van der Waals surface area contributed by atoms with Crippen molar-refractivity contribution in [1.82, 2.24) is 5.32 Å². The molecule has 0 amide bonds. The number of carbonyl (C=O) groups excluding carboxylic acids is 1. The molecular weight excluding hydrogens is 357 g/mol. The maximum atomic E-state index is 12.8. The lowest BCUT2D eigenvalue weighted by molar-refractivity contribution is -0.139. The Kier molecular flexibility index (Phi) is 6.08. The molecule has 0 aliphatic carbocycles. The van der Waals surface area contributed by atoms with Gasteiger partial charge in [-0.15, -0.1) is 0 Å². The van der Waals surface area contributed by atoms with Crippen molar-refractivity contribution in [3.8, 4) is 0 Å². The normalized spacial score (nSPS) is 12.2. The van der Waals surface area contributed by atoms with Crippen molar-refractivity contribution in [1.29, 1.82) is 0 Å². The van der Waals surface area contributed by atoms with E-state index >= 15 is 0 Å². The predicted molar refractivity (Wildman–Crippen MR) is 70.5 cm³/mol. The van der Waals surface area contributed by atoms with E-state index in [1.54, 1.807) is 6.07 Å². The molecule has 0 radical (unpaired) electrons. The van der Waals surface area contributed by atoms with Gasteiger partial charge in [-0.25, -0.2) is 4.39 Å². The number of rotatable bonds is 5. The maximum Gasteiger partial charge on any atom is 0.320 e. The van der Waals surface area contributed by atoms with E-state index in [1.165, 1.54) is 19.2 Å². The molecule has 1 N–H and O–H groups in total. The highest BCUT2D eigenvalue weighted by Crippen LogP contribution is 2.17. The van der Waals surface area contributed by atoms with Crippen LogP contribution >= 0.6 is 31.9 Å². The maximum absolute atomic E-state index is 12.8. The smallest absolute Gasteiger partial charge is 0.320 e. The molecule has 0 fully saturated rings. The quantitative estimate of drug-likeness (QED) is 0.641. The highest BCUT2D eigenvalue weighted by atomic mass is 79.9. The fraction of sp³-hybridized carbons (Fsp3) is 0.364. The number of nitrogens with one attached hydrogen (secondary N) is 1. The summed E-state index contributed by atoms with van der Waals surface area (Å²) in [7, 11) is 1.34. The molecule has 3 nitrogen and oxygen atoms in total. The second-order valence-electron chi connectivity index (χ2n) is 3.36. The van der Waals surface area contributed by atoms with Crippen molar-refractivity contribution in [2.75, 3.05) is 13.7 Å². The van der Waals surface area contributed by atoms with Gasteiger partial charge in [-0.1, -0.05) is 37.9 Å². The Hall–Kier alpha value is -0.460. The van der Waals surface area contributed by atoms with E-state index in [1.807, 2.05) is 0 Å². The molecule has 6 heteroatoms. The van der Waals surface area contributed by atoms with Gasteiger partial charge >= 0.3 is 5.97 Å². The second kappa shape index (κ2) is 7.08. The average Bonchev–Trinajstić information content (AvgIpc) is 2.30. The standard InChI is InChI=1S/C11H12Br2FNO2/c1-17-11(16)10(13)6-15-5-7-2-3-8(14)4-9(7)12/h2-4,10,15H,5-6H2,1H3.